The van der Waals surface area contributed by atoms with E-state index in [0.717, 1.165) is 41.0 Å². The van der Waals surface area contributed by atoms with Gasteiger partial charge in [-0.25, -0.2) is 9.97 Å². The van der Waals surface area contributed by atoms with Crippen molar-refractivity contribution < 1.29 is 4.42 Å². The molecule has 0 aliphatic rings. The maximum Gasteiger partial charge on any atom is 0.174 e. The number of fused-ring (bicyclic) bond motifs is 2. The van der Waals surface area contributed by atoms with Crippen molar-refractivity contribution in [3.8, 4) is 0 Å². The van der Waals surface area contributed by atoms with Crippen molar-refractivity contribution in [2.75, 3.05) is 0 Å². The van der Waals surface area contributed by atoms with Gasteiger partial charge in [-0.15, -0.1) is 0 Å². The highest BCUT2D eigenvalue weighted by Crippen LogP contribution is 2.34. The van der Waals surface area contributed by atoms with Crippen LogP contribution in [0.1, 0.15) is 101 Å². The second kappa shape index (κ2) is 8.78. The molecule has 3 heterocycles. The molecule has 2 atom stereocenters. The van der Waals surface area contributed by atoms with Gasteiger partial charge in [-0.2, -0.15) is 0 Å². The van der Waals surface area contributed by atoms with Gasteiger partial charge in [0.05, 0.1) is 17.5 Å². The predicted molar refractivity (Wildman–Crippen MR) is 128 cm³/mol. The summed E-state index contributed by atoms with van der Waals surface area (Å²) in [5.74, 6) is 2.41. The van der Waals surface area contributed by atoms with Crippen LogP contribution >= 0.6 is 0 Å². The molecule has 0 radical (unpaired) electrons. The smallest absolute Gasteiger partial charge is 0.174 e. The number of furan rings is 1. The van der Waals surface area contributed by atoms with Gasteiger partial charge in [-0.05, 0) is 47.9 Å². The lowest BCUT2D eigenvalue weighted by molar-refractivity contribution is 0.546. The van der Waals surface area contributed by atoms with Gasteiger partial charge in [0.25, 0.3) is 0 Å². The Morgan fingerprint density at radius 1 is 0.871 bits per heavy atom. The van der Waals surface area contributed by atoms with Crippen molar-refractivity contribution >= 4 is 22.0 Å². The first-order valence-corrected chi connectivity index (χ1v) is 11.5. The second-order valence-electron chi connectivity index (χ2n) is 9.48. The van der Waals surface area contributed by atoms with E-state index in [2.05, 4.69) is 69.7 Å². The molecular formula is C27H33N3O. The number of benzene rings is 1. The van der Waals surface area contributed by atoms with Crippen molar-refractivity contribution in [1.29, 1.82) is 0 Å². The van der Waals surface area contributed by atoms with E-state index in [0.29, 0.717) is 23.7 Å². The molecule has 0 fully saturated rings. The molecule has 0 bridgehead atoms. The summed E-state index contributed by atoms with van der Waals surface area (Å²) in [4.78, 5) is 14.2. The van der Waals surface area contributed by atoms with Crippen molar-refractivity contribution in [3.63, 3.8) is 0 Å². The number of pyridine rings is 1. The molecule has 1 aromatic carbocycles. The topological polar surface area (TPSA) is 51.8 Å². The Labute approximate surface area is 185 Å². The summed E-state index contributed by atoms with van der Waals surface area (Å²) in [5.41, 5.74) is 6.65. The molecule has 0 N–H and O–H groups in total. The molecule has 31 heavy (non-hydrogen) atoms. The molecule has 0 saturated carbocycles. The average molecular weight is 416 g/mol. The molecule has 0 aliphatic carbocycles. The zero-order valence-electron chi connectivity index (χ0n) is 19.5. The minimum atomic E-state index is 0.296. The fraction of sp³-hybridized carbons (Fsp3) is 0.444. The van der Waals surface area contributed by atoms with Gasteiger partial charge in [0.15, 0.2) is 5.58 Å². The van der Waals surface area contributed by atoms with E-state index in [1.807, 2.05) is 18.3 Å². The average Bonchev–Trinajstić information content (AvgIpc) is 3.24. The third-order valence-electron chi connectivity index (χ3n) is 6.31. The predicted octanol–water partition coefficient (Wildman–Crippen LogP) is 7.71. The fourth-order valence-corrected chi connectivity index (χ4v) is 4.27. The largest absolute Gasteiger partial charge is 0.461 e. The summed E-state index contributed by atoms with van der Waals surface area (Å²) >= 11 is 0. The first kappa shape index (κ1) is 21.5. The lowest BCUT2D eigenvalue weighted by Crippen LogP contribution is -2.06. The standard InChI is InChI=1S/C27H33N3O/c1-16(2)22-15-21(14-20-8-7-12-28-25(20)22)18(5)9-10-19(6)24-26-23(11-13-31-26)29-27(30-24)17(3)4/h7-8,11-19H,9-10H2,1-6H3. The third-order valence-corrected chi connectivity index (χ3v) is 6.31. The fourth-order valence-electron chi connectivity index (χ4n) is 4.27. The Morgan fingerprint density at radius 3 is 2.39 bits per heavy atom. The SMILES string of the molecule is CC(C)c1nc(C(C)CCC(C)c2cc(C(C)C)c3ncccc3c2)c2occc2n1. The lowest BCUT2D eigenvalue weighted by atomic mass is 9.87. The normalized spacial score (nSPS) is 14.1. The number of aromatic nitrogens is 3. The molecule has 0 amide bonds. The van der Waals surface area contributed by atoms with E-state index >= 15 is 0 Å². The molecule has 4 aromatic rings. The summed E-state index contributed by atoms with van der Waals surface area (Å²) in [6.45, 7) is 13.4. The van der Waals surface area contributed by atoms with Crippen LogP contribution in [0.3, 0.4) is 0 Å². The second-order valence-corrected chi connectivity index (χ2v) is 9.48. The van der Waals surface area contributed by atoms with E-state index in [1.54, 1.807) is 6.26 Å². The van der Waals surface area contributed by atoms with Gasteiger partial charge in [-0.1, -0.05) is 53.7 Å². The van der Waals surface area contributed by atoms with E-state index in [1.165, 1.54) is 16.5 Å². The van der Waals surface area contributed by atoms with Crippen LogP contribution in [0.4, 0.5) is 0 Å². The summed E-state index contributed by atoms with van der Waals surface area (Å²) < 4.78 is 5.75. The Bertz CT molecular complexity index is 1190. The molecular weight excluding hydrogens is 382 g/mol. The van der Waals surface area contributed by atoms with Crippen molar-refractivity contribution in [2.45, 2.75) is 78.1 Å². The zero-order valence-corrected chi connectivity index (χ0v) is 19.5. The Kier molecular flexibility index (Phi) is 6.08. The van der Waals surface area contributed by atoms with Crippen LogP contribution in [0.2, 0.25) is 0 Å². The summed E-state index contributed by atoms with van der Waals surface area (Å²) in [7, 11) is 0. The molecule has 4 rings (SSSR count). The van der Waals surface area contributed by atoms with Gasteiger partial charge in [0.1, 0.15) is 11.3 Å². The molecule has 0 spiro atoms. The van der Waals surface area contributed by atoms with Gasteiger partial charge < -0.3 is 4.42 Å². The molecule has 4 heteroatoms. The highest BCUT2D eigenvalue weighted by atomic mass is 16.3. The highest BCUT2D eigenvalue weighted by Gasteiger charge is 2.20. The molecule has 0 saturated heterocycles. The van der Waals surface area contributed by atoms with E-state index in [9.17, 15) is 0 Å². The van der Waals surface area contributed by atoms with Crippen LogP contribution in [-0.4, -0.2) is 15.0 Å². The molecule has 162 valence electrons. The van der Waals surface area contributed by atoms with Gasteiger partial charge in [-0.3, -0.25) is 4.98 Å². The van der Waals surface area contributed by atoms with Crippen LogP contribution in [0.5, 0.6) is 0 Å². The van der Waals surface area contributed by atoms with E-state index in [-0.39, 0.29) is 0 Å². The summed E-state index contributed by atoms with van der Waals surface area (Å²) in [6, 6.07) is 10.8. The van der Waals surface area contributed by atoms with Crippen LogP contribution in [0.15, 0.2) is 47.2 Å². The third kappa shape index (κ3) is 4.34. The molecule has 3 aromatic heterocycles. The quantitative estimate of drug-likeness (QED) is 0.310. The zero-order chi connectivity index (χ0) is 22.1. The summed E-state index contributed by atoms with van der Waals surface area (Å²) in [5, 5.41) is 1.23. The Morgan fingerprint density at radius 2 is 1.65 bits per heavy atom. The molecule has 4 nitrogen and oxygen atoms in total. The monoisotopic (exact) mass is 415 g/mol. The lowest BCUT2D eigenvalue weighted by Gasteiger charge is -2.19. The maximum atomic E-state index is 5.75. The van der Waals surface area contributed by atoms with Crippen molar-refractivity contribution in [2.24, 2.45) is 0 Å². The van der Waals surface area contributed by atoms with E-state index < -0.39 is 0 Å². The van der Waals surface area contributed by atoms with Gasteiger partial charge >= 0.3 is 0 Å². The Balaban J connectivity index is 1.57. The Hall–Kier alpha value is -2.75. The first-order chi connectivity index (χ1) is 14.8. The number of nitrogens with zero attached hydrogens (tertiary/aromatic N) is 3. The number of hydrogen-bond acceptors (Lipinski definition) is 4. The maximum absolute atomic E-state index is 5.75. The van der Waals surface area contributed by atoms with E-state index in [4.69, 9.17) is 9.40 Å². The van der Waals surface area contributed by atoms with Crippen molar-refractivity contribution in [1.82, 2.24) is 15.0 Å². The van der Waals surface area contributed by atoms with Crippen LogP contribution < -0.4 is 0 Å². The van der Waals surface area contributed by atoms with Crippen LogP contribution in [0.25, 0.3) is 22.0 Å². The first-order valence-electron chi connectivity index (χ1n) is 11.5. The van der Waals surface area contributed by atoms with Crippen molar-refractivity contribution in [3.05, 3.63) is 65.4 Å². The minimum absolute atomic E-state index is 0.296. The summed E-state index contributed by atoms with van der Waals surface area (Å²) in [6.07, 6.45) is 5.75. The minimum Gasteiger partial charge on any atom is -0.461 e. The molecule has 2 unspecified atom stereocenters. The van der Waals surface area contributed by atoms with Crippen LogP contribution in [0, 0.1) is 0 Å². The van der Waals surface area contributed by atoms with Crippen LogP contribution in [-0.2, 0) is 0 Å². The number of hydrogen-bond donors (Lipinski definition) is 0. The van der Waals surface area contributed by atoms with Gasteiger partial charge in [0.2, 0.25) is 0 Å². The van der Waals surface area contributed by atoms with Gasteiger partial charge in [0, 0.05) is 29.5 Å². The molecule has 0 aliphatic heterocycles. The number of rotatable bonds is 7. The highest BCUT2D eigenvalue weighted by molar-refractivity contribution is 5.83.